The summed E-state index contributed by atoms with van der Waals surface area (Å²) >= 11 is 1.63. The summed E-state index contributed by atoms with van der Waals surface area (Å²) in [5, 5.41) is 1.98. The van der Waals surface area contributed by atoms with Crippen LogP contribution in [0, 0.1) is 11.6 Å². The number of halogens is 2. The van der Waals surface area contributed by atoms with E-state index < -0.39 is 11.6 Å². The second kappa shape index (κ2) is 10.6. The van der Waals surface area contributed by atoms with E-state index in [0.29, 0.717) is 24.3 Å². The number of rotatable bonds is 8. The molecule has 4 rings (SSSR count). The molecule has 1 aromatic heterocycles. The van der Waals surface area contributed by atoms with Crippen LogP contribution < -0.4 is 4.74 Å². The van der Waals surface area contributed by atoms with Gasteiger partial charge in [-0.1, -0.05) is 12.1 Å². The molecule has 1 atom stereocenters. The first-order valence-electron chi connectivity index (χ1n) is 10.9. The Balaban J connectivity index is 1.52. The number of nitrogens with zero attached hydrogens (tertiary/aromatic N) is 2. The molecule has 0 bridgehead atoms. The van der Waals surface area contributed by atoms with Crippen molar-refractivity contribution in [3.05, 3.63) is 100 Å². The quantitative estimate of drug-likeness (QED) is 0.431. The molecule has 0 saturated carbocycles. The molecule has 2 heterocycles. The van der Waals surface area contributed by atoms with Crippen molar-refractivity contribution in [3.8, 4) is 5.75 Å². The van der Waals surface area contributed by atoms with Gasteiger partial charge in [-0.3, -0.25) is 9.59 Å². The smallest absolute Gasteiger partial charge is 0.254 e. The predicted molar refractivity (Wildman–Crippen MR) is 127 cm³/mol. The van der Waals surface area contributed by atoms with E-state index in [1.54, 1.807) is 34.4 Å². The van der Waals surface area contributed by atoms with Crippen LogP contribution in [0.5, 0.6) is 5.75 Å². The van der Waals surface area contributed by atoms with E-state index in [1.165, 1.54) is 46.2 Å². The van der Waals surface area contributed by atoms with Crippen molar-refractivity contribution in [2.24, 2.45) is 0 Å². The number of ether oxygens (including phenoxy) is 1. The highest BCUT2D eigenvalue weighted by Crippen LogP contribution is 2.34. The highest BCUT2D eigenvalue weighted by Gasteiger charge is 2.33. The first-order valence-corrected chi connectivity index (χ1v) is 11.7. The van der Waals surface area contributed by atoms with Crippen molar-refractivity contribution in [1.82, 2.24) is 9.80 Å². The van der Waals surface area contributed by atoms with E-state index in [0.717, 1.165) is 5.56 Å². The molecule has 0 fully saturated rings. The van der Waals surface area contributed by atoms with Gasteiger partial charge in [0.05, 0.1) is 6.04 Å². The Kier molecular flexibility index (Phi) is 7.37. The summed E-state index contributed by atoms with van der Waals surface area (Å²) in [6.45, 7) is 4.35. The summed E-state index contributed by atoms with van der Waals surface area (Å²) in [4.78, 5) is 30.7. The second-order valence-corrected chi connectivity index (χ2v) is 8.90. The maximum atomic E-state index is 13.6. The lowest BCUT2D eigenvalue weighted by Gasteiger charge is -2.37. The van der Waals surface area contributed by atoms with Crippen LogP contribution in [0.25, 0.3) is 0 Å². The maximum absolute atomic E-state index is 13.6. The molecule has 0 N–H and O–H groups in total. The highest BCUT2D eigenvalue weighted by atomic mass is 32.1. The summed E-state index contributed by atoms with van der Waals surface area (Å²) in [5.41, 5.74) is 1.29. The zero-order valence-corrected chi connectivity index (χ0v) is 19.3. The largest absolute Gasteiger partial charge is 0.491 e. The zero-order valence-electron chi connectivity index (χ0n) is 18.5. The number of amides is 2. The molecule has 1 aliphatic rings. The third-order valence-corrected chi connectivity index (χ3v) is 6.67. The van der Waals surface area contributed by atoms with E-state index in [4.69, 9.17) is 4.74 Å². The number of carbonyl (C=O) groups excluding carboxylic acids is 2. The Morgan fingerprint density at radius 3 is 2.68 bits per heavy atom. The molecule has 5 nitrogen and oxygen atoms in total. The molecule has 0 saturated heterocycles. The third kappa shape index (κ3) is 5.34. The molecule has 2 amide bonds. The number of fused-ring (bicyclic) bond motifs is 1. The van der Waals surface area contributed by atoms with Crippen LogP contribution in [0.3, 0.4) is 0 Å². The average molecular weight is 483 g/mol. The monoisotopic (exact) mass is 482 g/mol. The van der Waals surface area contributed by atoms with Crippen molar-refractivity contribution in [2.45, 2.75) is 12.5 Å². The van der Waals surface area contributed by atoms with Gasteiger partial charge in [-0.2, -0.15) is 0 Å². The molecule has 34 heavy (non-hydrogen) atoms. The standard InChI is InChI=1S/C26H24F2N2O3S/c1-2-12-29(26(32)18-6-8-19(27)9-7-18)16-25(31)30-13-10-24-22(11-14-34-24)23(30)17-33-21-5-3-4-20(28)15-21/h2-9,11,14-15,23H,1,10,12-13,16-17H2/t23-/m1/s1. The Labute approximate surface area is 200 Å². The number of carbonyl (C=O) groups is 2. The van der Waals surface area contributed by atoms with E-state index in [1.807, 2.05) is 11.4 Å². The van der Waals surface area contributed by atoms with Gasteiger partial charge in [0.15, 0.2) is 0 Å². The SMILES string of the molecule is C=CCN(CC(=O)N1CCc2sccc2[C@H]1COc1cccc(F)c1)C(=O)c1ccc(F)cc1. The lowest BCUT2D eigenvalue weighted by Crippen LogP contribution is -2.47. The second-order valence-electron chi connectivity index (χ2n) is 7.90. The summed E-state index contributed by atoms with van der Waals surface area (Å²) < 4.78 is 32.7. The molecular formula is C26H24F2N2O3S. The number of thiophene rings is 1. The summed E-state index contributed by atoms with van der Waals surface area (Å²) in [6, 6.07) is 12.7. The molecule has 0 aliphatic carbocycles. The number of hydrogen-bond donors (Lipinski definition) is 0. The van der Waals surface area contributed by atoms with Crippen LogP contribution in [-0.2, 0) is 11.2 Å². The Morgan fingerprint density at radius 1 is 1.15 bits per heavy atom. The van der Waals surface area contributed by atoms with Crippen LogP contribution in [0.4, 0.5) is 8.78 Å². The van der Waals surface area contributed by atoms with Crippen LogP contribution in [0.15, 0.2) is 72.6 Å². The molecule has 2 aromatic carbocycles. The molecule has 3 aromatic rings. The van der Waals surface area contributed by atoms with E-state index in [2.05, 4.69) is 6.58 Å². The van der Waals surface area contributed by atoms with E-state index in [9.17, 15) is 18.4 Å². The number of hydrogen-bond acceptors (Lipinski definition) is 4. The van der Waals surface area contributed by atoms with E-state index >= 15 is 0 Å². The van der Waals surface area contributed by atoms with Crippen molar-refractivity contribution in [2.75, 3.05) is 26.2 Å². The topological polar surface area (TPSA) is 49.9 Å². The first-order chi connectivity index (χ1) is 16.5. The van der Waals surface area contributed by atoms with Crippen LogP contribution in [-0.4, -0.2) is 47.9 Å². The molecule has 0 radical (unpaired) electrons. The molecule has 8 heteroatoms. The predicted octanol–water partition coefficient (Wildman–Crippen LogP) is 4.86. The Hall–Kier alpha value is -3.52. The normalized spacial score (nSPS) is 14.9. The van der Waals surface area contributed by atoms with Crippen molar-refractivity contribution >= 4 is 23.2 Å². The number of benzene rings is 2. The van der Waals surface area contributed by atoms with Gasteiger partial charge in [0.2, 0.25) is 5.91 Å². The molecule has 1 aliphatic heterocycles. The van der Waals surface area contributed by atoms with Gasteiger partial charge in [0.1, 0.15) is 30.5 Å². The van der Waals surface area contributed by atoms with E-state index in [-0.39, 0.29) is 37.6 Å². The maximum Gasteiger partial charge on any atom is 0.254 e. The fourth-order valence-electron chi connectivity index (χ4n) is 4.01. The Morgan fingerprint density at radius 2 is 1.94 bits per heavy atom. The van der Waals surface area contributed by atoms with Crippen LogP contribution >= 0.6 is 11.3 Å². The third-order valence-electron chi connectivity index (χ3n) is 5.67. The van der Waals surface area contributed by atoms with Gasteiger partial charge < -0.3 is 14.5 Å². The van der Waals surface area contributed by atoms with Crippen LogP contribution in [0.1, 0.15) is 26.8 Å². The minimum atomic E-state index is -0.441. The average Bonchev–Trinajstić information content (AvgIpc) is 3.31. The van der Waals surface area contributed by atoms with Crippen molar-refractivity contribution < 1.29 is 23.1 Å². The van der Waals surface area contributed by atoms with Gasteiger partial charge in [-0.15, -0.1) is 17.9 Å². The molecule has 0 spiro atoms. The van der Waals surface area contributed by atoms with Gasteiger partial charge in [0.25, 0.3) is 5.91 Å². The van der Waals surface area contributed by atoms with Gasteiger partial charge in [-0.25, -0.2) is 8.78 Å². The van der Waals surface area contributed by atoms with Crippen molar-refractivity contribution in [3.63, 3.8) is 0 Å². The Bertz CT molecular complexity index is 1180. The molecule has 176 valence electrons. The first kappa shape index (κ1) is 23.6. The van der Waals surface area contributed by atoms with Gasteiger partial charge in [-0.05, 0) is 59.8 Å². The minimum Gasteiger partial charge on any atom is -0.491 e. The lowest BCUT2D eigenvalue weighted by molar-refractivity contribution is -0.135. The summed E-state index contributed by atoms with van der Waals surface area (Å²) in [6.07, 6.45) is 2.26. The lowest BCUT2D eigenvalue weighted by atomic mass is 10.0. The fourth-order valence-corrected chi connectivity index (χ4v) is 4.94. The van der Waals surface area contributed by atoms with Crippen molar-refractivity contribution in [1.29, 1.82) is 0 Å². The summed E-state index contributed by atoms with van der Waals surface area (Å²) in [5.74, 6) is -1.07. The zero-order chi connectivity index (χ0) is 24.1. The van der Waals surface area contributed by atoms with Crippen LogP contribution in [0.2, 0.25) is 0 Å². The van der Waals surface area contributed by atoms with Gasteiger partial charge in [0, 0.05) is 29.6 Å². The minimum absolute atomic E-state index is 0.155. The molecule has 0 unspecified atom stereocenters. The van der Waals surface area contributed by atoms with Gasteiger partial charge >= 0.3 is 0 Å². The molecular weight excluding hydrogens is 458 g/mol. The summed E-state index contributed by atoms with van der Waals surface area (Å²) in [7, 11) is 0. The highest BCUT2D eigenvalue weighted by molar-refractivity contribution is 7.10. The fraction of sp³-hybridized carbons (Fsp3) is 0.231.